The standard InChI is InChI=1S/C35H47N7O5/c1-23(2)31-33(45)38-27(19-25-9-5-4-6-10-25)21-41(28-13-17-40(18-14-28)35(47)26-11-7-15-36-20-26)22-30(43)37-24(3)34(46)42-16-8-12-29(42)32(44)39-31/h4-7,9-11,15,20,23-24,27-29,31H,8,12-14,16-19,21-22H2,1-3H3,(H,37,43)(H,38,45)(H,39,44)/t24-,27-,29+,31-/m0/s1. The zero-order chi connectivity index (χ0) is 33.5. The van der Waals surface area contributed by atoms with E-state index in [1.165, 1.54) is 4.90 Å². The fourth-order valence-electron chi connectivity index (χ4n) is 6.95. The van der Waals surface area contributed by atoms with Gasteiger partial charge in [-0.3, -0.25) is 33.9 Å². The van der Waals surface area contributed by atoms with Gasteiger partial charge in [0.1, 0.15) is 18.1 Å². The number of benzene rings is 1. The molecule has 12 nitrogen and oxygen atoms in total. The summed E-state index contributed by atoms with van der Waals surface area (Å²) in [6.45, 7) is 7.26. The number of piperidine rings is 1. The Bertz CT molecular complexity index is 1410. The second kappa shape index (κ2) is 15.5. The quantitative estimate of drug-likeness (QED) is 0.446. The van der Waals surface area contributed by atoms with Crippen LogP contribution in [0.3, 0.4) is 0 Å². The summed E-state index contributed by atoms with van der Waals surface area (Å²) in [5, 5.41) is 9.05. The average molecular weight is 646 g/mol. The molecule has 3 saturated heterocycles. The van der Waals surface area contributed by atoms with E-state index in [2.05, 4.69) is 25.8 Å². The van der Waals surface area contributed by atoms with E-state index < -0.39 is 18.1 Å². The van der Waals surface area contributed by atoms with Crippen LogP contribution in [-0.4, -0.2) is 112 Å². The van der Waals surface area contributed by atoms with Crippen LogP contribution in [0.1, 0.15) is 62.4 Å². The van der Waals surface area contributed by atoms with Gasteiger partial charge in [-0.2, -0.15) is 0 Å². The van der Waals surface area contributed by atoms with Crippen LogP contribution in [0.15, 0.2) is 54.9 Å². The number of hydrogen-bond acceptors (Lipinski definition) is 7. The predicted octanol–water partition coefficient (Wildman–Crippen LogP) is 1.37. The molecule has 1 aromatic carbocycles. The molecule has 3 N–H and O–H groups in total. The molecule has 2 aromatic rings. The van der Waals surface area contributed by atoms with Crippen LogP contribution >= 0.6 is 0 Å². The highest BCUT2D eigenvalue weighted by molar-refractivity contribution is 5.95. The lowest BCUT2D eigenvalue weighted by Crippen LogP contribution is -2.58. The molecular weight excluding hydrogens is 598 g/mol. The minimum atomic E-state index is -0.817. The van der Waals surface area contributed by atoms with E-state index in [1.54, 1.807) is 31.5 Å². The van der Waals surface area contributed by atoms with Crippen LogP contribution in [0.4, 0.5) is 0 Å². The number of carbonyl (C=O) groups is 5. The Hall–Kier alpha value is -4.32. The molecule has 3 aliphatic heterocycles. The summed E-state index contributed by atoms with van der Waals surface area (Å²) < 4.78 is 0. The van der Waals surface area contributed by atoms with E-state index in [0.717, 1.165) is 5.56 Å². The molecule has 3 fully saturated rings. The first kappa shape index (κ1) is 34.0. The summed E-state index contributed by atoms with van der Waals surface area (Å²) >= 11 is 0. The molecule has 0 aliphatic carbocycles. The van der Waals surface area contributed by atoms with E-state index >= 15 is 0 Å². The zero-order valence-electron chi connectivity index (χ0n) is 27.6. The molecule has 1 aromatic heterocycles. The highest BCUT2D eigenvalue weighted by Crippen LogP contribution is 2.22. The Morgan fingerprint density at radius 1 is 0.915 bits per heavy atom. The van der Waals surface area contributed by atoms with Crippen molar-refractivity contribution in [1.29, 1.82) is 0 Å². The van der Waals surface area contributed by atoms with Crippen LogP contribution < -0.4 is 16.0 Å². The number of hydrogen-bond donors (Lipinski definition) is 3. The first-order chi connectivity index (χ1) is 22.6. The SMILES string of the molecule is CC(C)[C@@H]1NC(=O)[C@H]2CCCN2C(=O)[C@H](C)NC(=O)CN(C2CCN(C(=O)c3cccnc3)CC2)C[C@H](Cc2ccccc2)NC1=O. The van der Waals surface area contributed by atoms with Gasteiger partial charge >= 0.3 is 0 Å². The monoisotopic (exact) mass is 645 g/mol. The first-order valence-corrected chi connectivity index (χ1v) is 16.8. The van der Waals surface area contributed by atoms with Crippen molar-refractivity contribution in [2.24, 2.45) is 5.92 Å². The molecule has 4 atom stereocenters. The van der Waals surface area contributed by atoms with Crippen LogP contribution in [0, 0.1) is 5.92 Å². The van der Waals surface area contributed by atoms with Crippen LogP contribution in [0.2, 0.25) is 0 Å². The lowest BCUT2D eigenvalue weighted by molar-refractivity contribution is -0.142. The van der Waals surface area contributed by atoms with Gasteiger partial charge in [0.2, 0.25) is 23.6 Å². The van der Waals surface area contributed by atoms with E-state index in [0.29, 0.717) is 63.8 Å². The van der Waals surface area contributed by atoms with Crippen molar-refractivity contribution in [3.8, 4) is 0 Å². The number of rotatable bonds is 5. The average Bonchev–Trinajstić information content (AvgIpc) is 3.56. The number of amides is 5. The summed E-state index contributed by atoms with van der Waals surface area (Å²) in [5.74, 6) is -1.54. The lowest BCUT2D eigenvalue weighted by Gasteiger charge is -2.40. The maximum absolute atomic E-state index is 13.9. The fraction of sp³-hybridized carbons (Fsp3) is 0.543. The van der Waals surface area contributed by atoms with E-state index in [4.69, 9.17) is 0 Å². The van der Waals surface area contributed by atoms with Crippen LogP contribution in [0.25, 0.3) is 0 Å². The summed E-state index contributed by atoms with van der Waals surface area (Å²) in [6.07, 6.45) is 6.16. The number of likely N-dealkylation sites (tertiary alicyclic amines) is 1. The summed E-state index contributed by atoms with van der Waals surface area (Å²) in [4.78, 5) is 77.0. The highest BCUT2D eigenvalue weighted by atomic mass is 16.2. The maximum atomic E-state index is 13.9. The normalized spacial score (nSPS) is 25.8. The molecule has 5 amide bonds. The number of carbonyl (C=O) groups excluding carboxylic acids is 5. The third-order valence-electron chi connectivity index (χ3n) is 9.48. The van der Waals surface area contributed by atoms with Crippen molar-refractivity contribution in [2.45, 2.75) is 83.1 Å². The first-order valence-electron chi connectivity index (χ1n) is 16.8. The lowest BCUT2D eigenvalue weighted by atomic mass is 9.98. The summed E-state index contributed by atoms with van der Waals surface area (Å²) in [6, 6.07) is 10.6. The molecule has 0 unspecified atom stereocenters. The minimum Gasteiger partial charge on any atom is -0.350 e. The van der Waals surface area contributed by atoms with E-state index in [9.17, 15) is 24.0 Å². The largest absolute Gasteiger partial charge is 0.350 e. The number of nitrogens with zero attached hydrogens (tertiary/aromatic N) is 4. The van der Waals surface area contributed by atoms with Gasteiger partial charge in [0.05, 0.1) is 12.1 Å². The summed E-state index contributed by atoms with van der Waals surface area (Å²) in [7, 11) is 0. The smallest absolute Gasteiger partial charge is 0.255 e. The highest BCUT2D eigenvalue weighted by Gasteiger charge is 2.39. The van der Waals surface area contributed by atoms with Crippen molar-refractivity contribution in [3.05, 3.63) is 66.0 Å². The molecule has 4 heterocycles. The second-order valence-corrected chi connectivity index (χ2v) is 13.3. The summed E-state index contributed by atoms with van der Waals surface area (Å²) in [5.41, 5.74) is 1.57. The molecule has 252 valence electrons. The molecular formula is C35H47N7O5. The van der Waals surface area contributed by atoms with Gasteiger partial charge < -0.3 is 25.8 Å². The Kier molecular flexibility index (Phi) is 11.2. The van der Waals surface area contributed by atoms with Crippen molar-refractivity contribution < 1.29 is 24.0 Å². The Balaban J connectivity index is 1.41. The van der Waals surface area contributed by atoms with Crippen molar-refractivity contribution >= 4 is 29.5 Å². The van der Waals surface area contributed by atoms with Crippen LogP contribution in [0.5, 0.6) is 0 Å². The Morgan fingerprint density at radius 2 is 1.66 bits per heavy atom. The van der Waals surface area contributed by atoms with E-state index in [1.807, 2.05) is 49.1 Å². The van der Waals surface area contributed by atoms with Gasteiger partial charge in [0, 0.05) is 50.7 Å². The number of aromatic nitrogens is 1. The molecule has 5 rings (SSSR count). The Labute approximate surface area is 276 Å². The molecule has 12 heteroatoms. The van der Waals surface area contributed by atoms with Gasteiger partial charge in [-0.05, 0) is 62.6 Å². The van der Waals surface area contributed by atoms with Crippen LogP contribution in [-0.2, 0) is 25.6 Å². The Morgan fingerprint density at radius 3 is 2.34 bits per heavy atom. The number of pyridine rings is 1. The number of fused-ring (bicyclic) bond motifs is 1. The molecule has 0 radical (unpaired) electrons. The van der Waals surface area contributed by atoms with Gasteiger partial charge in [0.15, 0.2) is 0 Å². The fourth-order valence-corrected chi connectivity index (χ4v) is 6.95. The third-order valence-corrected chi connectivity index (χ3v) is 9.48. The predicted molar refractivity (Wildman–Crippen MR) is 176 cm³/mol. The molecule has 0 spiro atoms. The molecule has 0 bridgehead atoms. The van der Waals surface area contributed by atoms with Gasteiger partial charge in [-0.15, -0.1) is 0 Å². The molecule has 3 aliphatic rings. The van der Waals surface area contributed by atoms with Gasteiger partial charge in [-0.25, -0.2) is 0 Å². The van der Waals surface area contributed by atoms with Gasteiger partial charge in [-0.1, -0.05) is 44.2 Å². The molecule has 0 saturated carbocycles. The molecule has 47 heavy (non-hydrogen) atoms. The minimum absolute atomic E-state index is 0.0220. The van der Waals surface area contributed by atoms with Crippen molar-refractivity contribution in [2.75, 3.05) is 32.7 Å². The number of nitrogens with one attached hydrogen (secondary N) is 3. The third kappa shape index (κ3) is 8.54. The second-order valence-electron chi connectivity index (χ2n) is 13.3. The topological polar surface area (TPSA) is 144 Å². The maximum Gasteiger partial charge on any atom is 0.255 e. The zero-order valence-corrected chi connectivity index (χ0v) is 27.6. The van der Waals surface area contributed by atoms with E-state index in [-0.39, 0.29) is 54.1 Å². The van der Waals surface area contributed by atoms with Gasteiger partial charge in [0.25, 0.3) is 5.91 Å². The van der Waals surface area contributed by atoms with Crippen molar-refractivity contribution in [3.63, 3.8) is 0 Å². The van der Waals surface area contributed by atoms with Crippen molar-refractivity contribution in [1.82, 2.24) is 35.6 Å².